The van der Waals surface area contributed by atoms with Crippen molar-refractivity contribution in [2.24, 2.45) is 5.16 Å². The van der Waals surface area contributed by atoms with Crippen LogP contribution in [0.25, 0.3) is 0 Å². The summed E-state index contributed by atoms with van der Waals surface area (Å²) in [6, 6.07) is 5.14. The van der Waals surface area contributed by atoms with E-state index < -0.39 is 0 Å². The molecule has 0 aliphatic heterocycles. The van der Waals surface area contributed by atoms with E-state index >= 15 is 0 Å². The number of phenolic OH excluding ortho intramolecular Hbond substituents is 1. The van der Waals surface area contributed by atoms with E-state index in [4.69, 9.17) is 9.94 Å². The molecule has 1 rings (SSSR count). The van der Waals surface area contributed by atoms with Crippen LogP contribution in [-0.4, -0.2) is 22.6 Å². The van der Waals surface area contributed by atoms with Crippen LogP contribution in [0.4, 0.5) is 0 Å². The number of phenols is 1. The van der Waals surface area contributed by atoms with Crippen molar-refractivity contribution < 1.29 is 15.1 Å². The third-order valence-electron chi connectivity index (χ3n) is 4.50. The van der Waals surface area contributed by atoms with E-state index in [1.165, 1.54) is 57.8 Å². The SMILES string of the molecule is CCCCCCCCCCCCOc1ccc(/C(CC)=N/O)c(O)c1. The summed E-state index contributed by atoms with van der Waals surface area (Å²) < 4.78 is 5.70. The van der Waals surface area contributed by atoms with Gasteiger partial charge in [-0.25, -0.2) is 0 Å². The van der Waals surface area contributed by atoms with Crippen molar-refractivity contribution >= 4 is 5.71 Å². The number of benzene rings is 1. The number of aromatic hydroxyl groups is 1. The van der Waals surface area contributed by atoms with E-state index in [1.54, 1.807) is 12.1 Å². The molecule has 0 atom stereocenters. The molecule has 0 bridgehead atoms. The fourth-order valence-corrected chi connectivity index (χ4v) is 2.94. The predicted octanol–water partition coefficient (Wildman–Crippen LogP) is 6.28. The summed E-state index contributed by atoms with van der Waals surface area (Å²) >= 11 is 0. The van der Waals surface area contributed by atoms with Crippen LogP contribution in [0.5, 0.6) is 11.5 Å². The lowest BCUT2D eigenvalue weighted by atomic mass is 10.1. The first-order chi connectivity index (χ1) is 12.2. The first-order valence-electron chi connectivity index (χ1n) is 9.90. The molecule has 0 aromatic heterocycles. The molecule has 4 heteroatoms. The molecule has 0 saturated heterocycles. The van der Waals surface area contributed by atoms with E-state index in [0.29, 0.717) is 30.1 Å². The predicted molar refractivity (Wildman–Crippen MR) is 104 cm³/mol. The Morgan fingerprint density at radius 2 is 1.52 bits per heavy atom. The molecule has 4 nitrogen and oxygen atoms in total. The number of hydrogen-bond acceptors (Lipinski definition) is 4. The van der Waals surface area contributed by atoms with Gasteiger partial charge >= 0.3 is 0 Å². The average Bonchev–Trinajstić information content (AvgIpc) is 2.62. The van der Waals surface area contributed by atoms with Crippen LogP contribution >= 0.6 is 0 Å². The molecule has 0 aliphatic carbocycles. The van der Waals surface area contributed by atoms with Gasteiger partial charge in [0.2, 0.25) is 0 Å². The lowest BCUT2D eigenvalue weighted by Crippen LogP contribution is -2.01. The molecule has 2 N–H and O–H groups in total. The normalized spacial score (nSPS) is 11.7. The van der Waals surface area contributed by atoms with Gasteiger partial charge in [-0.1, -0.05) is 76.8 Å². The lowest BCUT2D eigenvalue weighted by Gasteiger charge is -2.09. The summed E-state index contributed by atoms with van der Waals surface area (Å²) in [5, 5.41) is 22.2. The van der Waals surface area contributed by atoms with E-state index in [9.17, 15) is 5.11 Å². The van der Waals surface area contributed by atoms with Gasteiger partial charge in [0, 0.05) is 11.6 Å². The van der Waals surface area contributed by atoms with Crippen molar-refractivity contribution in [2.45, 2.75) is 84.5 Å². The quantitative estimate of drug-likeness (QED) is 0.180. The summed E-state index contributed by atoms with van der Waals surface area (Å²) in [4.78, 5) is 0. The molecule has 1 aromatic carbocycles. The highest BCUT2D eigenvalue weighted by molar-refractivity contribution is 6.02. The van der Waals surface area contributed by atoms with Crippen molar-refractivity contribution in [3.63, 3.8) is 0 Å². The fraction of sp³-hybridized carbons (Fsp3) is 0.667. The zero-order valence-corrected chi connectivity index (χ0v) is 16.0. The molecule has 25 heavy (non-hydrogen) atoms. The Morgan fingerprint density at radius 3 is 2.04 bits per heavy atom. The number of ether oxygens (including phenoxy) is 1. The highest BCUT2D eigenvalue weighted by Crippen LogP contribution is 2.25. The Labute approximate surface area is 152 Å². The number of unbranched alkanes of at least 4 members (excludes halogenated alkanes) is 9. The molecule has 1 aromatic rings. The van der Waals surface area contributed by atoms with Crippen molar-refractivity contribution in [3.05, 3.63) is 23.8 Å². The summed E-state index contributed by atoms with van der Waals surface area (Å²) in [6.07, 6.45) is 13.6. The third kappa shape index (κ3) is 8.80. The highest BCUT2D eigenvalue weighted by Gasteiger charge is 2.09. The van der Waals surface area contributed by atoms with Crippen LogP contribution < -0.4 is 4.74 Å². The maximum atomic E-state index is 10.0. The summed E-state index contributed by atoms with van der Waals surface area (Å²) in [7, 11) is 0. The minimum absolute atomic E-state index is 0.0928. The highest BCUT2D eigenvalue weighted by atomic mass is 16.5. The van der Waals surface area contributed by atoms with Gasteiger partial charge < -0.3 is 15.1 Å². The number of rotatable bonds is 14. The second-order valence-electron chi connectivity index (χ2n) is 6.61. The summed E-state index contributed by atoms with van der Waals surface area (Å²) in [5.41, 5.74) is 1.02. The molecular weight excluding hydrogens is 314 g/mol. The molecule has 0 heterocycles. The van der Waals surface area contributed by atoms with E-state index in [2.05, 4.69) is 12.1 Å². The average molecular weight is 350 g/mol. The minimum atomic E-state index is 0.0928. The lowest BCUT2D eigenvalue weighted by molar-refractivity contribution is 0.302. The van der Waals surface area contributed by atoms with Crippen molar-refractivity contribution in [2.75, 3.05) is 6.61 Å². The van der Waals surface area contributed by atoms with Gasteiger partial charge in [0.05, 0.1) is 12.3 Å². The van der Waals surface area contributed by atoms with Crippen LogP contribution in [0.15, 0.2) is 23.4 Å². The fourth-order valence-electron chi connectivity index (χ4n) is 2.94. The summed E-state index contributed by atoms with van der Waals surface area (Å²) in [5.74, 6) is 0.751. The van der Waals surface area contributed by atoms with Crippen molar-refractivity contribution in [1.82, 2.24) is 0 Å². The van der Waals surface area contributed by atoms with Crippen LogP contribution in [0.2, 0.25) is 0 Å². The maximum Gasteiger partial charge on any atom is 0.128 e. The van der Waals surface area contributed by atoms with Crippen molar-refractivity contribution in [1.29, 1.82) is 0 Å². The first kappa shape index (κ1) is 21.3. The Kier molecular flexibility index (Phi) is 11.6. The second kappa shape index (κ2) is 13.6. The van der Waals surface area contributed by atoms with Gasteiger partial charge in [-0.3, -0.25) is 0 Å². The largest absolute Gasteiger partial charge is 0.507 e. The van der Waals surface area contributed by atoms with Crippen LogP contribution in [0, 0.1) is 0 Å². The molecule has 0 aliphatic rings. The molecule has 0 unspecified atom stereocenters. The van der Waals surface area contributed by atoms with E-state index in [-0.39, 0.29) is 5.75 Å². The monoisotopic (exact) mass is 349 g/mol. The minimum Gasteiger partial charge on any atom is -0.507 e. The molecule has 0 fully saturated rings. The van der Waals surface area contributed by atoms with Crippen LogP contribution in [-0.2, 0) is 0 Å². The smallest absolute Gasteiger partial charge is 0.128 e. The van der Waals surface area contributed by atoms with Gasteiger partial charge in [-0.05, 0) is 25.0 Å². The zero-order chi connectivity index (χ0) is 18.3. The van der Waals surface area contributed by atoms with Crippen molar-refractivity contribution in [3.8, 4) is 11.5 Å². The second-order valence-corrected chi connectivity index (χ2v) is 6.61. The van der Waals surface area contributed by atoms with Crippen LogP contribution in [0.3, 0.4) is 0 Å². The molecule has 0 radical (unpaired) electrons. The van der Waals surface area contributed by atoms with Gasteiger partial charge in [0.25, 0.3) is 0 Å². The maximum absolute atomic E-state index is 10.0. The van der Waals surface area contributed by atoms with Crippen LogP contribution in [0.1, 0.15) is 90.0 Å². The Balaban J connectivity index is 2.13. The summed E-state index contributed by atoms with van der Waals surface area (Å²) in [6.45, 7) is 4.80. The zero-order valence-electron chi connectivity index (χ0n) is 16.0. The number of hydrogen-bond donors (Lipinski definition) is 2. The van der Waals surface area contributed by atoms with Gasteiger partial charge in [0.1, 0.15) is 11.5 Å². The third-order valence-corrected chi connectivity index (χ3v) is 4.50. The molecule has 0 saturated carbocycles. The van der Waals surface area contributed by atoms with Gasteiger partial charge in [-0.2, -0.15) is 0 Å². The molecule has 142 valence electrons. The standard InChI is InChI=1S/C21H35NO3/c1-3-5-6-7-8-9-10-11-12-13-16-25-18-14-15-19(21(23)17-18)20(4-2)22-24/h14-15,17,23-24H,3-13,16H2,1-2H3/b22-20+. The molecule has 0 spiro atoms. The number of oxime groups is 1. The van der Waals surface area contributed by atoms with Gasteiger partial charge in [0.15, 0.2) is 0 Å². The molecule has 0 amide bonds. The van der Waals surface area contributed by atoms with E-state index in [1.807, 2.05) is 13.0 Å². The first-order valence-corrected chi connectivity index (χ1v) is 9.90. The van der Waals surface area contributed by atoms with E-state index in [0.717, 1.165) is 6.42 Å². The number of nitrogens with zero attached hydrogens (tertiary/aromatic N) is 1. The Hall–Kier alpha value is -1.71. The Bertz CT molecular complexity index is 500. The Morgan fingerprint density at radius 1 is 0.920 bits per heavy atom. The van der Waals surface area contributed by atoms with Gasteiger partial charge in [-0.15, -0.1) is 0 Å². The molecular formula is C21H35NO3. The topological polar surface area (TPSA) is 62.0 Å².